The minimum absolute atomic E-state index is 0.374. The number of aromatic hydroxyl groups is 1. The van der Waals surface area contributed by atoms with Crippen LogP contribution in [0.4, 0.5) is 0 Å². The lowest BCUT2D eigenvalue weighted by atomic mass is 9.81. The zero-order valence-corrected chi connectivity index (χ0v) is 17.7. The molecule has 1 saturated carbocycles. The first kappa shape index (κ1) is 18.9. The summed E-state index contributed by atoms with van der Waals surface area (Å²) in [6.07, 6.45) is 6.99. The van der Waals surface area contributed by atoms with E-state index in [-0.39, 0.29) is 0 Å². The van der Waals surface area contributed by atoms with Crippen LogP contribution in [0.15, 0.2) is 96.1 Å². The fourth-order valence-corrected chi connectivity index (χ4v) is 5.52. The van der Waals surface area contributed by atoms with Crippen LogP contribution in [-0.4, -0.2) is 5.11 Å². The van der Waals surface area contributed by atoms with Gasteiger partial charge >= 0.3 is 0 Å². The highest BCUT2D eigenvalue weighted by molar-refractivity contribution is 5.83. The Morgan fingerprint density at radius 3 is 1.90 bits per heavy atom. The van der Waals surface area contributed by atoms with Crippen LogP contribution in [0.25, 0.3) is 22.3 Å². The summed E-state index contributed by atoms with van der Waals surface area (Å²) in [5.41, 5.74) is 8.43. The number of allylic oxidation sites excluding steroid dienone is 4. The quantitative estimate of drug-likeness (QED) is 0.483. The van der Waals surface area contributed by atoms with Crippen LogP contribution in [0.1, 0.15) is 38.2 Å². The summed E-state index contributed by atoms with van der Waals surface area (Å²) in [5.74, 6) is 2.19. The number of para-hydroxylation sites is 1. The molecule has 1 fully saturated rings. The minimum Gasteiger partial charge on any atom is -0.507 e. The molecule has 0 saturated heterocycles. The first-order chi connectivity index (χ1) is 14.6. The van der Waals surface area contributed by atoms with Crippen molar-refractivity contribution in [3.63, 3.8) is 0 Å². The third-order valence-electron chi connectivity index (χ3n) is 7.15. The Morgan fingerprint density at radius 1 is 0.633 bits per heavy atom. The Kier molecular flexibility index (Phi) is 4.83. The molecule has 1 nitrogen and oxygen atoms in total. The van der Waals surface area contributed by atoms with Crippen molar-refractivity contribution < 1.29 is 5.11 Å². The Morgan fingerprint density at radius 2 is 1.20 bits per heavy atom. The van der Waals surface area contributed by atoms with Crippen molar-refractivity contribution in [1.82, 2.24) is 0 Å². The molecule has 30 heavy (non-hydrogen) atoms. The van der Waals surface area contributed by atoms with Gasteiger partial charge in [-0.3, -0.25) is 0 Å². The number of rotatable bonds is 3. The van der Waals surface area contributed by atoms with Gasteiger partial charge in [0, 0.05) is 11.1 Å². The summed E-state index contributed by atoms with van der Waals surface area (Å²) in [6, 6.07) is 24.9. The van der Waals surface area contributed by atoms with Gasteiger partial charge in [-0.15, -0.1) is 0 Å². The van der Waals surface area contributed by atoms with Crippen LogP contribution in [-0.2, 0) is 0 Å². The highest BCUT2D eigenvalue weighted by Crippen LogP contribution is 2.52. The van der Waals surface area contributed by atoms with Crippen LogP contribution in [0.2, 0.25) is 0 Å². The van der Waals surface area contributed by atoms with Crippen molar-refractivity contribution in [3.8, 4) is 28.0 Å². The molecule has 3 aromatic carbocycles. The summed E-state index contributed by atoms with van der Waals surface area (Å²) in [4.78, 5) is 0. The molecule has 150 valence electrons. The normalized spacial score (nSPS) is 22.9. The summed E-state index contributed by atoms with van der Waals surface area (Å²) < 4.78 is 0. The number of phenols is 1. The van der Waals surface area contributed by atoms with E-state index in [1.54, 1.807) is 0 Å². The van der Waals surface area contributed by atoms with Crippen LogP contribution in [0, 0.1) is 11.8 Å². The molecular weight excluding hydrogens is 364 g/mol. The maximum atomic E-state index is 11.2. The van der Waals surface area contributed by atoms with E-state index in [1.807, 2.05) is 24.3 Å². The first-order valence-electron chi connectivity index (χ1n) is 10.9. The molecule has 2 atom stereocenters. The molecule has 0 aromatic heterocycles. The Bertz CT molecular complexity index is 1110. The third kappa shape index (κ3) is 3.19. The van der Waals surface area contributed by atoms with Crippen LogP contribution >= 0.6 is 0 Å². The highest BCUT2D eigenvalue weighted by atomic mass is 16.3. The molecule has 0 heterocycles. The van der Waals surface area contributed by atoms with E-state index < -0.39 is 0 Å². The summed E-state index contributed by atoms with van der Waals surface area (Å²) >= 11 is 0. The van der Waals surface area contributed by atoms with Crippen molar-refractivity contribution >= 4 is 0 Å². The van der Waals surface area contributed by atoms with Gasteiger partial charge in [-0.2, -0.15) is 0 Å². The van der Waals surface area contributed by atoms with Crippen LogP contribution < -0.4 is 0 Å². The van der Waals surface area contributed by atoms with Gasteiger partial charge < -0.3 is 5.11 Å². The summed E-state index contributed by atoms with van der Waals surface area (Å²) in [6.45, 7) is 4.56. The molecule has 1 heteroatoms. The van der Waals surface area contributed by atoms with Gasteiger partial charge in [0.05, 0.1) is 0 Å². The van der Waals surface area contributed by atoms with Crippen LogP contribution in [0.3, 0.4) is 0 Å². The number of fused-ring (bicyclic) bond motifs is 1. The second-order valence-corrected chi connectivity index (χ2v) is 8.86. The van der Waals surface area contributed by atoms with Crippen molar-refractivity contribution in [2.75, 3.05) is 0 Å². The molecule has 0 spiro atoms. The molecule has 1 N–H and O–H groups in total. The number of phenolic OH excluding ortho intramolecular Hbond substituents is 1. The fraction of sp³-hybridized carbons (Fsp3) is 0.241. The maximum absolute atomic E-state index is 11.2. The predicted octanol–water partition coefficient (Wildman–Crippen LogP) is 7.74. The average Bonchev–Trinajstić information content (AvgIpc) is 3.24. The minimum atomic E-state index is 0.374. The Labute approximate surface area is 179 Å². The van der Waals surface area contributed by atoms with Gasteiger partial charge in [-0.1, -0.05) is 96.1 Å². The lowest BCUT2D eigenvalue weighted by molar-refractivity contribution is 0.479. The van der Waals surface area contributed by atoms with Crippen molar-refractivity contribution in [1.29, 1.82) is 0 Å². The lowest BCUT2D eigenvalue weighted by Gasteiger charge is -2.24. The molecular formula is C29H28O. The second kappa shape index (κ2) is 7.65. The average molecular weight is 393 g/mol. The molecule has 5 rings (SSSR count). The largest absolute Gasteiger partial charge is 0.507 e. The molecule has 3 aromatic rings. The van der Waals surface area contributed by atoms with Crippen LogP contribution in [0.5, 0.6) is 5.75 Å². The number of hydrogen-bond donors (Lipinski definition) is 1. The highest BCUT2D eigenvalue weighted by Gasteiger charge is 2.38. The molecule has 2 aliphatic carbocycles. The van der Waals surface area contributed by atoms with Gasteiger partial charge in [-0.05, 0) is 61.1 Å². The number of hydrogen-bond acceptors (Lipinski definition) is 1. The molecule has 0 bridgehead atoms. The molecule has 0 radical (unpaired) electrons. The first-order valence-corrected chi connectivity index (χ1v) is 10.9. The Hall–Kier alpha value is -3.06. The molecule has 2 aliphatic rings. The van der Waals surface area contributed by atoms with E-state index in [1.165, 1.54) is 35.1 Å². The summed E-state index contributed by atoms with van der Waals surface area (Å²) in [5, 5.41) is 11.2. The van der Waals surface area contributed by atoms with Gasteiger partial charge in [-0.25, -0.2) is 0 Å². The zero-order valence-electron chi connectivity index (χ0n) is 17.7. The van der Waals surface area contributed by atoms with Crippen molar-refractivity contribution in [3.05, 3.63) is 102 Å². The van der Waals surface area contributed by atoms with E-state index >= 15 is 0 Å². The topological polar surface area (TPSA) is 20.2 Å². The van der Waals surface area contributed by atoms with E-state index in [0.29, 0.717) is 23.5 Å². The molecule has 0 aliphatic heterocycles. The fourth-order valence-electron chi connectivity index (χ4n) is 5.52. The van der Waals surface area contributed by atoms with Crippen molar-refractivity contribution in [2.24, 2.45) is 11.8 Å². The standard InChI is InChI=1S/C29H28O/c1-19-15-16-20(2)28-18-22(17-27(19)28)23-11-6-7-12-25(23)26-14-8-13-24(29(26)30)21-9-4-3-5-10-21/h3-16,22,27-28,30H,17-18H2,1-2H3. The van der Waals surface area contributed by atoms with Gasteiger partial charge in [0.25, 0.3) is 0 Å². The van der Waals surface area contributed by atoms with Gasteiger partial charge in [0.2, 0.25) is 0 Å². The van der Waals surface area contributed by atoms with Gasteiger partial charge in [0.15, 0.2) is 0 Å². The third-order valence-corrected chi connectivity index (χ3v) is 7.15. The monoisotopic (exact) mass is 392 g/mol. The second-order valence-electron chi connectivity index (χ2n) is 8.86. The lowest BCUT2D eigenvalue weighted by Crippen LogP contribution is -2.13. The predicted molar refractivity (Wildman–Crippen MR) is 125 cm³/mol. The SMILES string of the molecule is CC1=CC=C(C)C2CC(c3ccccc3-c3cccc(-c4ccccc4)c3O)CC12. The summed E-state index contributed by atoms with van der Waals surface area (Å²) in [7, 11) is 0. The zero-order chi connectivity index (χ0) is 20.7. The van der Waals surface area contributed by atoms with E-state index in [2.05, 4.69) is 74.5 Å². The maximum Gasteiger partial charge on any atom is 0.131 e. The van der Waals surface area contributed by atoms with E-state index in [9.17, 15) is 5.11 Å². The van der Waals surface area contributed by atoms with Crippen molar-refractivity contribution in [2.45, 2.75) is 32.6 Å². The van der Waals surface area contributed by atoms with E-state index in [4.69, 9.17) is 0 Å². The number of benzene rings is 3. The smallest absolute Gasteiger partial charge is 0.131 e. The Balaban J connectivity index is 1.56. The van der Waals surface area contributed by atoms with E-state index in [0.717, 1.165) is 16.7 Å². The van der Waals surface area contributed by atoms with Gasteiger partial charge in [0.1, 0.15) is 5.75 Å². The molecule has 0 amide bonds. The molecule has 2 unspecified atom stereocenters.